The van der Waals surface area contributed by atoms with Crippen molar-refractivity contribution in [1.82, 2.24) is 10.2 Å². The average Bonchev–Trinajstić information content (AvgIpc) is 2.85. The minimum absolute atomic E-state index is 0.0920. The Hall–Kier alpha value is -0.690. The van der Waals surface area contributed by atoms with E-state index in [-0.39, 0.29) is 18.8 Å². The van der Waals surface area contributed by atoms with Crippen LogP contribution in [-0.2, 0) is 19.0 Å². The van der Waals surface area contributed by atoms with Crippen LogP contribution >= 0.6 is 0 Å². The molecule has 6 heteroatoms. The third-order valence-corrected chi connectivity index (χ3v) is 4.14. The number of hydrogen-bond donors (Lipinski definition) is 1. The predicted octanol–water partition coefficient (Wildman–Crippen LogP) is 1.06. The van der Waals surface area contributed by atoms with Crippen molar-refractivity contribution in [3.63, 3.8) is 0 Å². The van der Waals surface area contributed by atoms with Gasteiger partial charge in [-0.2, -0.15) is 0 Å². The summed E-state index contributed by atoms with van der Waals surface area (Å²) < 4.78 is 15.7. The van der Waals surface area contributed by atoms with Crippen LogP contribution in [-0.4, -0.2) is 55.9 Å². The molecule has 2 rings (SSSR count). The molecule has 1 N–H and O–H groups in total. The Morgan fingerprint density at radius 1 is 1.50 bits per heavy atom. The third-order valence-electron chi connectivity index (χ3n) is 4.14. The minimum Gasteiger partial charge on any atom is -0.380 e. The molecular formula is C14H26N2O4. The van der Waals surface area contributed by atoms with Crippen molar-refractivity contribution in [3.05, 3.63) is 0 Å². The minimum atomic E-state index is -0.492. The standard InChI is InChI=1S/C14H26N2O4/c1-4-6-11-7-5-8-16(11)13(17)12(10(2)18-3)15-14-19-9-20-14/h10-12,14-15H,4-9H2,1-3H3/t10-,11-,12+/m1/s1. The first-order valence-corrected chi connectivity index (χ1v) is 7.50. The highest BCUT2D eigenvalue weighted by atomic mass is 16.9. The molecule has 0 aliphatic carbocycles. The van der Waals surface area contributed by atoms with Gasteiger partial charge in [-0.15, -0.1) is 0 Å². The van der Waals surface area contributed by atoms with Crippen LogP contribution in [0.5, 0.6) is 0 Å². The molecule has 0 radical (unpaired) electrons. The fraction of sp³-hybridized carbons (Fsp3) is 0.929. The molecule has 3 atom stereocenters. The number of nitrogens with zero attached hydrogens (tertiary/aromatic N) is 1. The third kappa shape index (κ3) is 3.49. The molecular weight excluding hydrogens is 260 g/mol. The first kappa shape index (κ1) is 15.7. The van der Waals surface area contributed by atoms with Gasteiger partial charge in [0.25, 0.3) is 0 Å². The summed E-state index contributed by atoms with van der Waals surface area (Å²) in [5.41, 5.74) is 0. The maximum atomic E-state index is 12.8. The van der Waals surface area contributed by atoms with Crippen LogP contribution in [0.25, 0.3) is 0 Å². The number of rotatable bonds is 7. The zero-order chi connectivity index (χ0) is 14.5. The molecule has 0 unspecified atom stereocenters. The van der Waals surface area contributed by atoms with Gasteiger partial charge < -0.3 is 19.1 Å². The van der Waals surface area contributed by atoms with E-state index in [9.17, 15) is 4.79 Å². The number of ether oxygens (including phenoxy) is 3. The molecule has 2 aliphatic heterocycles. The molecule has 0 aromatic rings. The summed E-state index contributed by atoms with van der Waals surface area (Å²) in [4.78, 5) is 14.8. The van der Waals surface area contributed by atoms with E-state index >= 15 is 0 Å². The van der Waals surface area contributed by atoms with Crippen LogP contribution < -0.4 is 5.32 Å². The molecule has 2 aliphatic rings. The van der Waals surface area contributed by atoms with Crippen LogP contribution in [0.3, 0.4) is 0 Å². The Kier molecular flexibility index (Phi) is 5.77. The van der Waals surface area contributed by atoms with Gasteiger partial charge in [0.05, 0.1) is 6.10 Å². The van der Waals surface area contributed by atoms with E-state index in [2.05, 4.69) is 12.2 Å². The molecule has 1 amide bonds. The van der Waals surface area contributed by atoms with Gasteiger partial charge in [0, 0.05) is 19.7 Å². The second kappa shape index (κ2) is 7.36. The van der Waals surface area contributed by atoms with Gasteiger partial charge >= 0.3 is 0 Å². The Morgan fingerprint density at radius 3 is 2.80 bits per heavy atom. The Morgan fingerprint density at radius 2 is 2.25 bits per heavy atom. The summed E-state index contributed by atoms with van der Waals surface area (Å²) in [5, 5.41) is 3.08. The summed E-state index contributed by atoms with van der Waals surface area (Å²) in [6.07, 6.45) is 3.63. The quantitative estimate of drug-likeness (QED) is 0.758. The number of amides is 1. The van der Waals surface area contributed by atoms with Crippen molar-refractivity contribution < 1.29 is 19.0 Å². The normalized spacial score (nSPS) is 26.4. The van der Waals surface area contributed by atoms with Crippen molar-refractivity contribution in [2.45, 2.75) is 64.1 Å². The Labute approximate surface area is 120 Å². The van der Waals surface area contributed by atoms with Gasteiger partial charge in [-0.1, -0.05) is 13.3 Å². The summed E-state index contributed by atoms with van der Waals surface area (Å²) in [6.45, 7) is 5.16. The van der Waals surface area contributed by atoms with E-state index in [1.165, 1.54) is 0 Å². The van der Waals surface area contributed by atoms with Gasteiger partial charge in [-0.3, -0.25) is 10.1 Å². The highest BCUT2D eigenvalue weighted by molar-refractivity contribution is 5.83. The molecule has 116 valence electrons. The highest BCUT2D eigenvalue weighted by Gasteiger charge is 2.37. The van der Waals surface area contributed by atoms with Crippen LogP contribution in [0.1, 0.15) is 39.5 Å². The van der Waals surface area contributed by atoms with Gasteiger partial charge in [0.15, 0.2) is 6.79 Å². The molecule has 0 aromatic carbocycles. The molecule has 0 aromatic heterocycles. The topological polar surface area (TPSA) is 60.0 Å². The van der Waals surface area contributed by atoms with Gasteiger partial charge in [-0.05, 0) is 26.2 Å². The molecule has 2 heterocycles. The molecule has 0 spiro atoms. The summed E-state index contributed by atoms with van der Waals surface area (Å²) >= 11 is 0. The van der Waals surface area contributed by atoms with Crippen molar-refractivity contribution >= 4 is 5.91 Å². The van der Waals surface area contributed by atoms with Gasteiger partial charge in [-0.25, -0.2) is 0 Å². The molecule has 2 saturated heterocycles. The summed E-state index contributed by atoms with van der Waals surface area (Å²) in [6, 6.07) is -0.0631. The summed E-state index contributed by atoms with van der Waals surface area (Å²) in [5.74, 6) is 0.0920. The lowest BCUT2D eigenvalue weighted by molar-refractivity contribution is -0.336. The number of carbonyl (C=O) groups is 1. The number of nitrogens with one attached hydrogen (secondary N) is 1. The molecule has 0 bridgehead atoms. The lowest BCUT2D eigenvalue weighted by atomic mass is 10.1. The van der Waals surface area contributed by atoms with Crippen LogP contribution in [0, 0.1) is 0 Å². The largest absolute Gasteiger partial charge is 0.380 e. The number of likely N-dealkylation sites (tertiary alicyclic amines) is 1. The van der Waals surface area contributed by atoms with E-state index in [1.807, 2.05) is 11.8 Å². The second-order valence-electron chi connectivity index (χ2n) is 5.48. The maximum Gasteiger partial charge on any atom is 0.242 e. The smallest absolute Gasteiger partial charge is 0.242 e. The van der Waals surface area contributed by atoms with Crippen LogP contribution in [0.15, 0.2) is 0 Å². The van der Waals surface area contributed by atoms with Gasteiger partial charge in [0.1, 0.15) is 6.04 Å². The lowest BCUT2D eigenvalue weighted by Gasteiger charge is -2.36. The van der Waals surface area contributed by atoms with E-state index < -0.39 is 12.5 Å². The zero-order valence-corrected chi connectivity index (χ0v) is 12.6. The lowest BCUT2D eigenvalue weighted by Crippen LogP contribution is -2.59. The fourth-order valence-corrected chi connectivity index (χ4v) is 2.86. The average molecular weight is 286 g/mol. The van der Waals surface area contributed by atoms with Crippen molar-refractivity contribution in [1.29, 1.82) is 0 Å². The molecule has 6 nitrogen and oxygen atoms in total. The first-order valence-electron chi connectivity index (χ1n) is 7.50. The maximum absolute atomic E-state index is 12.8. The zero-order valence-electron chi connectivity index (χ0n) is 12.6. The number of methoxy groups -OCH3 is 1. The van der Waals surface area contributed by atoms with E-state index in [1.54, 1.807) is 7.11 Å². The number of hydrogen-bond acceptors (Lipinski definition) is 5. The van der Waals surface area contributed by atoms with Crippen LogP contribution in [0.4, 0.5) is 0 Å². The van der Waals surface area contributed by atoms with E-state index in [0.29, 0.717) is 6.04 Å². The molecule has 2 fully saturated rings. The van der Waals surface area contributed by atoms with Gasteiger partial charge in [0.2, 0.25) is 12.3 Å². The predicted molar refractivity (Wildman–Crippen MR) is 73.9 cm³/mol. The Balaban J connectivity index is 2.00. The van der Waals surface area contributed by atoms with E-state index in [4.69, 9.17) is 14.2 Å². The second-order valence-corrected chi connectivity index (χ2v) is 5.48. The molecule has 0 saturated carbocycles. The van der Waals surface area contributed by atoms with Crippen LogP contribution in [0.2, 0.25) is 0 Å². The SMILES string of the molecule is CCC[C@@H]1CCCN1C(=O)[C@@H](NC1OCO1)[C@@H](C)OC. The first-order chi connectivity index (χ1) is 9.67. The highest BCUT2D eigenvalue weighted by Crippen LogP contribution is 2.23. The van der Waals surface area contributed by atoms with Crippen molar-refractivity contribution in [2.24, 2.45) is 0 Å². The van der Waals surface area contributed by atoms with E-state index in [0.717, 1.165) is 32.2 Å². The number of carbonyl (C=O) groups excluding carboxylic acids is 1. The summed E-state index contributed by atoms with van der Waals surface area (Å²) in [7, 11) is 1.61. The van der Waals surface area contributed by atoms with Crippen molar-refractivity contribution in [2.75, 3.05) is 20.4 Å². The monoisotopic (exact) mass is 286 g/mol. The molecule has 20 heavy (non-hydrogen) atoms. The Bertz CT molecular complexity index is 322. The fourth-order valence-electron chi connectivity index (χ4n) is 2.86. The van der Waals surface area contributed by atoms with Crippen molar-refractivity contribution in [3.8, 4) is 0 Å².